The van der Waals surface area contributed by atoms with Crippen molar-refractivity contribution in [1.29, 1.82) is 0 Å². The van der Waals surface area contributed by atoms with Crippen LogP contribution in [0, 0.1) is 6.92 Å². The molecular formula is C16H21N3O. The summed E-state index contributed by atoms with van der Waals surface area (Å²) >= 11 is 0. The van der Waals surface area contributed by atoms with Crippen molar-refractivity contribution in [3.8, 4) is 11.6 Å². The molecule has 0 bridgehead atoms. The molecule has 2 aromatic rings. The van der Waals surface area contributed by atoms with E-state index in [1.807, 2.05) is 44.2 Å². The second kappa shape index (κ2) is 6.37. The summed E-state index contributed by atoms with van der Waals surface area (Å²) in [6, 6.07) is 9.69. The first-order valence-electron chi connectivity index (χ1n) is 6.97. The van der Waals surface area contributed by atoms with Crippen molar-refractivity contribution in [2.45, 2.75) is 33.6 Å². The molecule has 0 aliphatic heterocycles. The molecule has 4 nitrogen and oxygen atoms in total. The van der Waals surface area contributed by atoms with E-state index in [-0.39, 0.29) is 5.92 Å². The Morgan fingerprint density at radius 3 is 2.45 bits per heavy atom. The molecule has 0 unspecified atom stereocenters. The quantitative estimate of drug-likeness (QED) is 0.888. The van der Waals surface area contributed by atoms with Crippen molar-refractivity contribution < 1.29 is 4.74 Å². The van der Waals surface area contributed by atoms with E-state index < -0.39 is 0 Å². The van der Waals surface area contributed by atoms with E-state index in [1.54, 1.807) is 0 Å². The summed E-state index contributed by atoms with van der Waals surface area (Å²) in [7, 11) is 0. The van der Waals surface area contributed by atoms with Gasteiger partial charge in [0, 0.05) is 12.5 Å². The van der Waals surface area contributed by atoms with Crippen molar-refractivity contribution in [2.75, 3.05) is 11.9 Å². The molecule has 0 saturated heterocycles. The molecule has 0 saturated carbocycles. The predicted octanol–water partition coefficient (Wildman–Crippen LogP) is 4.13. The van der Waals surface area contributed by atoms with E-state index in [1.165, 1.54) is 0 Å². The van der Waals surface area contributed by atoms with Crippen molar-refractivity contribution in [3.63, 3.8) is 0 Å². The molecule has 1 N–H and O–H groups in total. The topological polar surface area (TPSA) is 47.0 Å². The fourth-order valence-corrected chi connectivity index (χ4v) is 1.81. The van der Waals surface area contributed by atoms with Gasteiger partial charge in [-0.2, -0.15) is 4.98 Å². The van der Waals surface area contributed by atoms with Crippen LogP contribution in [0.5, 0.6) is 11.6 Å². The predicted molar refractivity (Wildman–Crippen MR) is 81.5 cm³/mol. The van der Waals surface area contributed by atoms with Gasteiger partial charge in [0.2, 0.25) is 5.88 Å². The first-order valence-corrected chi connectivity index (χ1v) is 6.97. The van der Waals surface area contributed by atoms with Crippen LogP contribution in [-0.2, 0) is 0 Å². The Kier molecular flexibility index (Phi) is 4.56. The zero-order valence-electron chi connectivity index (χ0n) is 12.5. The summed E-state index contributed by atoms with van der Waals surface area (Å²) in [5.41, 5.74) is 0.931. The smallest absolute Gasteiger partial charge is 0.227 e. The Hall–Kier alpha value is -2.10. The Balaban J connectivity index is 2.40. The van der Waals surface area contributed by atoms with E-state index in [0.717, 1.165) is 29.5 Å². The minimum absolute atomic E-state index is 0.256. The van der Waals surface area contributed by atoms with Crippen LogP contribution in [0.25, 0.3) is 0 Å². The number of benzene rings is 1. The molecule has 0 radical (unpaired) electrons. The summed E-state index contributed by atoms with van der Waals surface area (Å²) in [4.78, 5) is 9.10. The fraction of sp³-hybridized carbons (Fsp3) is 0.375. The second-order valence-electron chi connectivity index (χ2n) is 4.96. The first-order chi connectivity index (χ1) is 9.61. The maximum Gasteiger partial charge on any atom is 0.227 e. The van der Waals surface area contributed by atoms with Gasteiger partial charge in [-0.25, -0.2) is 4.98 Å². The number of rotatable bonds is 5. The minimum atomic E-state index is 0.256. The average Bonchev–Trinajstić information content (AvgIpc) is 2.44. The summed E-state index contributed by atoms with van der Waals surface area (Å²) < 4.78 is 5.90. The van der Waals surface area contributed by atoms with Crippen molar-refractivity contribution in [3.05, 3.63) is 41.7 Å². The number of hydrogen-bond acceptors (Lipinski definition) is 4. The van der Waals surface area contributed by atoms with Crippen LogP contribution in [0.3, 0.4) is 0 Å². The monoisotopic (exact) mass is 271 g/mol. The van der Waals surface area contributed by atoms with E-state index in [2.05, 4.69) is 29.1 Å². The molecule has 0 amide bonds. The number of aromatic nitrogens is 2. The third kappa shape index (κ3) is 3.26. The highest BCUT2D eigenvalue weighted by atomic mass is 16.5. The zero-order chi connectivity index (χ0) is 14.5. The van der Waals surface area contributed by atoms with Gasteiger partial charge in [-0.3, -0.25) is 0 Å². The highest BCUT2D eigenvalue weighted by Gasteiger charge is 2.14. The van der Waals surface area contributed by atoms with Gasteiger partial charge in [-0.15, -0.1) is 0 Å². The molecule has 0 atom stereocenters. The van der Waals surface area contributed by atoms with Crippen LogP contribution < -0.4 is 10.1 Å². The molecule has 2 rings (SSSR count). The minimum Gasteiger partial charge on any atom is -0.439 e. The fourth-order valence-electron chi connectivity index (χ4n) is 1.81. The molecule has 0 spiro atoms. The Bertz CT molecular complexity index is 567. The number of para-hydroxylation sites is 1. The Morgan fingerprint density at radius 1 is 1.15 bits per heavy atom. The third-order valence-corrected chi connectivity index (χ3v) is 2.94. The maximum absolute atomic E-state index is 5.90. The summed E-state index contributed by atoms with van der Waals surface area (Å²) in [6.07, 6.45) is 0. The van der Waals surface area contributed by atoms with E-state index in [9.17, 15) is 0 Å². The summed E-state index contributed by atoms with van der Waals surface area (Å²) in [5.74, 6) is 3.29. The van der Waals surface area contributed by atoms with Crippen LogP contribution in [0.2, 0.25) is 0 Å². The number of nitrogens with zero attached hydrogens (tertiary/aromatic N) is 2. The molecular weight excluding hydrogens is 250 g/mol. The summed E-state index contributed by atoms with van der Waals surface area (Å²) in [6.45, 7) is 8.99. The van der Waals surface area contributed by atoms with Crippen molar-refractivity contribution >= 4 is 5.82 Å². The Morgan fingerprint density at radius 2 is 1.85 bits per heavy atom. The van der Waals surface area contributed by atoms with E-state index >= 15 is 0 Å². The van der Waals surface area contributed by atoms with E-state index in [0.29, 0.717) is 5.88 Å². The van der Waals surface area contributed by atoms with Crippen molar-refractivity contribution in [1.82, 2.24) is 9.97 Å². The van der Waals surface area contributed by atoms with E-state index in [4.69, 9.17) is 4.74 Å². The normalized spacial score (nSPS) is 10.7. The number of hydrogen-bond donors (Lipinski definition) is 1. The lowest BCUT2D eigenvalue weighted by atomic mass is 10.2. The molecule has 106 valence electrons. The van der Waals surface area contributed by atoms with Gasteiger partial charge < -0.3 is 10.1 Å². The molecule has 1 heterocycles. The van der Waals surface area contributed by atoms with Gasteiger partial charge in [0.15, 0.2) is 0 Å². The highest BCUT2D eigenvalue weighted by molar-refractivity contribution is 5.49. The van der Waals surface area contributed by atoms with Crippen LogP contribution >= 0.6 is 0 Å². The Labute approximate surface area is 120 Å². The number of ether oxygens (including phenoxy) is 1. The van der Waals surface area contributed by atoms with Crippen LogP contribution in [0.4, 0.5) is 5.82 Å². The molecule has 1 aromatic heterocycles. The largest absolute Gasteiger partial charge is 0.439 e. The number of anilines is 1. The summed E-state index contributed by atoms with van der Waals surface area (Å²) in [5, 5.41) is 3.27. The molecule has 20 heavy (non-hydrogen) atoms. The highest BCUT2D eigenvalue weighted by Crippen LogP contribution is 2.28. The molecule has 0 aliphatic rings. The maximum atomic E-state index is 5.90. The van der Waals surface area contributed by atoms with Crippen molar-refractivity contribution in [2.24, 2.45) is 0 Å². The van der Waals surface area contributed by atoms with Crippen LogP contribution in [-0.4, -0.2) is 16.5 Å². The lowest BCUT2D eigenvalue weighted by Crippen LogP contribution is -2.08. The van der Waals surface area contributed by atoms with Gasteiger partial charge in [-0.05, 0) is 26.0 Å². The SMILES string of the molecule is CCNc1nc(C(C)C)nc(Oc2ccccc2)c1C. The standard InChI is InChI=1S/C16H21N3O/c1-5-17-15-12(4)16(19-14(18-15)11(2)3)20-13-9-7-6-8-10-13/h6-11H,5H2,1-4H3,(H,17,18,19). The average molecular weight is 271 g/mol. The van der Waals surface area contributed by atoms with Crippen LogP contribution in [0.1, 0.15) is 38.1 Å². The first kappa shape index (κ1) is 14.3. The lowest BCUT2D eigenvalue weighted by molar-refractivity contribution is 0.453. The second-order valence-corrected chi connectivity index (χ2v) is 4.96. The molecule has 0 aliphatic carbocycles. The van der Waals surface area contributed by atoms with Gasteiger partial charge in [0.1, 0.15) is 17.4 Å². The van der Waals surface area contributed by atoms with Gasteiger partial charge in [0.25, 0.3) is 0 Å². The lowest BCUT2D eigenvalue weighted by Gasteiger charge is -2.15. The number of nitrogens with one attached hydrogen (secondary N) is 1. The van der Waals surface area contributed by atoms with Crippen LogP contribution in [0.15, 0.2) is 30.3 Å². The molecule has 4 heteroatoms. The third-order valence-electron chi connectivity index (χ3n) is 2.94. The van der Waals surface area contributed by atoms with Gasteiger partial charge in [-0.1, -0.05) is 32.0 Å². The zero-order valence-corrected chi connectivity index (χ0v) is 12.5. The molecule has 1 aromatic carbocycles. The van der Waals surface area contributed by atoms with Gasteiger partial charge >= 0.3 is 0 Å². The molecule has 0 fully saturated rings. The van der Waals surface area contributed by atoms with Gasteiger partial charge in [0.05, 0.1) is 5.56 Å².